The van der Waals surface area contributed by atoms with Gasteiger partial charge in [0, 0.05) is 37.3 Å². The average Bonchev–Trinajstić information content (AvgIpc) is 2.75. The molecule has 0 unspecified atom stereocenters. The van der Waals surface area contributed by atoms with E-state index in [9.17, 15) is 28.1 Å². The van der Waals surface area contributed by atoms with Crippen LogP contribution in [0.5, 0.6) is 0 Å². The van der Waals surface area contributed by atoms with Crippen molar-refractivity contribution < 1.29 is 32.9 Å². The van der Waals surface area contributed by atoms with Gasteiger partial charge >= 0.3 is 6.09 Å². The number of carbonyl (C=O) groups excluding carboxylic acids is 2. The van der Waals surface area contributed by atoms with Crippen LogP contribution in [-0.2, 0) is 26.1 Å². The molecule has 0 saturated heterocycles. The molecule has 0 radical (unpaired) electrons. The van der Waals surface area contributed by atoms with E-state index in [1.165, 1.54) is 54.0 Å². The zero-order chi connectivity index (χ0) is 25.5. The fourth-order valence-electron chi connectivity index (χ4n) is 2.80. The van der Waals surface area contributed by atoms with E-state index in [0.29, 0.717) is 5.56 Å². The number of rotatable bonds is 9. The van der Waals surface area contributed by atoms with Crippen LogP contribution in [-0.4, -0.2) is 47.0 Å². The Labute approximate surface area is 196 Å². The Hall–Kier alpha value is -3.55. The summed E-state index contributed by atoms with van der Waals surface area (Å²) < 4.78 is 32.9. The van der Waals surface area contributed by atoms with Crippen molar-refractivity contribution in [1.29, 1.82) is 0 Å². The van der Waals surface area contributed by atoms with Crippen molar-refractivity contribution in [2.75, 3.05) is 11.9 Å². The van der Waals surface area contributed by atoms with Crippen LogP contribution in [0.1, 0.15) is 32.8 Å². The van der Waals surface area contributed by atoms with Gasteiger partial charge in [-0.05, 0) is 44.5 Å². The van der Waals surface area contributed by atoms with Crippen molar-refractivity contribution in [3.63, 3.8) is 0 Å². The lowest BCUT2D eigenvalue weighted by Gasteiger charge is -2.23. The maximum absolute atomic E-state index is 13.4. The monoisotopic (exact) mass is 494 g/mol. The SMILES string of the molecule is CC(C)(C)OC(=O)Nc1cccc(S(=O)(=O)N(CCC(=O)NO)Cc2ccc([N+](=O)[O-])cc2)c1. The van der Waals surface area contributed by atoms with Crippen molar-refractivity contribution >= 4 is 33.4 Å². The summed E-state index contributed by atoms with van der Waals surface area (Å²) in [5.74, 6) is -0.788. The number of benzene rings is 2. The first-order valence-electron chi connectivity index (χ1n) is 10.1. The summed E-state index contributed by atoms with van der Waals surface area (Å²) in [6.45, 7) is 4.59. The summed E-state index contributed by atoms with van der Waals surface area (Å²) >= 11 is 0. The van der Waals surface area contributed by atoms with Crippen LogP contribution in [0.2, 0.25) is 0 Å². The van der Waals surface area contributed by atoms with E-state index >= 15 is 0 Å². The van der Waals surface area contributed by atoms with Crippen LogP contribution in [0.4, 0.5) is 16.2 Å². The van der Waals surface area contributed by atoms with Crippen LogP contribution in [0.15, 0.2) is 53.4 Å². The predicted molar refractivity (Wildman–Crippen MR) is 122 cm³/mol. The molecule has 2 aromatic rings. The number of nitrogens with zero attached hydrogens (tertiary/aromatic N) is 2. The number of hydrogen-bond acceptors (Lipinski definition) is 8. The molecule has 2 aromatic carbocycles. The smallest absolute Gasteiger partial charge is 0.412 e. The Kier molecular flexibility index (Phi) is 8.68. The Morgan fingerprint density at radius 2 is 1.79 bits per heavy atom. The van der Waals surface area contributed by atoms with Gasteiger partial charge < -0.3 is 4.74 Å². The summed E-state index contributed by atoms with van der Waals surface area (Å²) in [7, 11) is -4.18. The van der Waals surface area contributed by atoms with Crippen molar-refractivity contribution in [3.8, 4) is 0 Å². The van der Waals surface area contributed by atoms with Crippen molar-refractivity contribution in [2.45, 2.75) is 44.2 Å². The number of anilines is 1. The zero-order valence-electron chi connectivity index (χ0n) is 18.8. The van der Waals surface area contributed by atoms with E-state index in [0.717, 1.165) is 4.31 Å². The number of nitro benzene ring substituents is 1. The number of nitrogens with one attached hydrogen (secondary N) is 2. The molecule has 0 saturated carbocycles. The predicted octanol–water partition coefficient (Wildman–Crippen LogP) is 3.03. The first-order valence-corrected chi connectivity index (χ1v) is 11.5. The molecule has 184 valence electrons. The first kappa shape index (κ1) is 26.7. The number of carbonyl (C=O) groups is 2. The summed E-state index contributed by atoms with van der Waals surface area (Å²) in [6, 6.07) is 10.8. The van der Waals surface area contributed by atoms with Gasteiger partial charge in [0.25, 0.3) is 5.69 Å². The maximum Gasteiger partial charge on any atom is 0.412 e. The number of nitro groups is 1. The Bertz CT molecular complexity index is 1140. The third kappa shape index (κ3) is 7.79. The molecule has 0 aromatic heterocycles. The largest absolute Gasteiger partial charge is 0.444 e. The van der Waals surface area contributed by atoms with Gasteiger partial charge in [0.1, 0.15) is 5.60 Å². The number of non-ortho nitro benzene ring substituents is 1. The third-order valence-corrected chi connectivity index (χ3v) is 6.18. The molecule has 12 nitrogen and oxygen atoms in total. The highest BCUT2D eigenvalue weighted by atomic mass is 32.2. The second-order valence-electron chi connectivity index (χ2n) is 8.20. The van der Waals surface area contributed by atoms with Crippen LogP contribution in [0.3, 0.4) is 0 Å². The van der Waals surface area contributed by atoms with Gasteiger partial charge in [0.05, 0.1) is 9.82 Å². The van der Waals surface area contributed by atoms with Gasteiger partial charge in [-0.2, -0.15) is 4.31 Å². The quantitative estimate of drug-likeness (QED) is 0.271. The van der Waals surface area contributed by atoms with E-state index < -0.39 is 32.5 Å². The molecule has 13 heteroatoms. The first-order chi connectivity index (χ1) is 15.8. The van der Waals surface area contributed by atoms with E-state index in [-0.39, 0.29) is 35.8 Å². The lowest BCUT2D eigenvalue weighted by atomic mass is 10.2. The highest BCUT2D eigenvalue weighted by Crippen LogP contribution is 2.23. The molecule has 0 fully saturated rings. The normalized spacial score (nSPS) is 11.7. The Morgan fingerprint density at radius 1 is 1.15 bits per heavy atom. The molecule has 0 aliphatic rings. The van der Waals surface area contributed by atoms with Crippen LogP contribution < -0.4 is 10.8 Å². The molecule has 34 heavy (non-hydrogen) atoms. The lowest BCUT2D eigenvalue weighted by molar-refractivity contribution is -0.384. The Balaban J connectivity index is 2.32. The third-order valence-electron chi connectivity index (χ3n) is 4.34. The van der Waals surface area contributed by atoms with Gasteiger partial charge in [-0.15, -0.1) is 0 Å². The zero-order valence-corrected chi connectivity index (χ0v) is 19.7. The van der Waals surface area contributed by atoms with E-state index in [2.05, 4.69) is 5.32 Å². The number of hydrogen-bond donors (Lipinski definition) is 3. The molecule has 0 heterocycles. The van der Waals surface area contributed by atoms with Crippen molar-refractivity contribution in [2.24, 2.45) is 0 Å². The molecule has 0 atom stereocenters. The maximum atomic E-state index is 13.4. The molecular formula is C21H26N4O8S. The van der Waals surface area contributed by atoms with Gasteiger partial charge in [-0.3, -0.25) is 25.4 Å². The summed E-state index contributed by atoms with van der Waals surface area (Å²) in [5, 5.41) is 22.1. The second-order valence-corrected chi connectivity index (χ2v) is 10.1. The summed E-state index contributed by atoms with van der Waals surface area (Å²) in [5.41, 5.74) is 1.17. The lowest BCUT2D eigenvalue weighted by Crippen LogP contribution is -2.34. The second kappa shape index (κ2) is 11.0. The number of amides is 2. The summed E-state index contributed by atoms with van der Waals surface area (Å²) in [4.78, 5) is 33.7. The molecule has 3 N–H and O–H groups in total. The molecule has 2 amide bonds. The fraction of sp³-hybridized carbons (Fsp3) is 0.333. The molecule has 2 rings (SSSR count). The molecular weight excluding hydrogens is 468 g/mol. The molecule has 0 aliphatic heterocycles. The van der Waals surface area contributed by atoms with Gasteiger partial charge in [-0.25, -0.2) is 18.7 Å². The topological polar surface area (TPSA) is 168 Å². The van der Waals surface area contributed by atoms with Crippen LogP contribution in [0.25, 0.3) is 0 Å². The van der Waals surface area contributed by atoms with Gasteiger partial charge in [0.2, 0.25) is 15.9 Å². The standard InChI is InChI=1S/C21H26N4O8S/c1-21(2,3)33-20(27)22-16-5-4-6-18(13-16)34(31,32)24(12-11-19(26)23-28)14-15-7-9-17(10-8-15)25(29)30/h4-10,13,28H,11-12,14H2,1-3H3,(H,22,27)(H,23,26). The van der Waals surface area contributed by atoms with E-state index in [4.69, 9.17) is 9.94 Å². The molecule has 0 spiro atoms. The minimum absolute atomic E-state index is 0.154. The summed E-state index contributed by atoms with van der Waals surface area (Å²) in [6.07, 6.45) is -1.09. The highest BCUT2D eigenvalue weighted by molar-refractivity contribution is 7.89. The van der Waals surface area contributed by atoms with Gasteiger partial charge in [0.15, 0.2) is 0 Å². The average molecular weight is 495 g/mol. The fourth-order valence-corrected chi connectivity index (χ4v) is 4.27. The Morgan fingerprint density at radius 3 is 2.35 bits per heavy atom. The van der Waals surface area contributed by atoms with Crippen molar-refractivity contribution in [1.82, 2.24) is 9.79 Å². The molecule has 0 aliphatic carbocycles. The number of ether oxygens (including phenoxy) is 1. The van der Waals surface area contributed by atoms with Crippen LogP contribution >= 0.6 is 0 Å². The van der Waals surface area contributed by atoms with Gasteiger partial charge in [-0.1, -0.05) is 18.2 Å². The number of sulfonamides is 1. The molecule has 0 bridgehead atoms. The van der Waals surface area contributed by atoms with Crippen LogP contribution in [0, 0.1) is 10.1 Å². The number of hydroxylamine groups is 1. The van der Waals surface area contributed by atoms with E-state index in [1.807, 2.05) is 0 Å². The van der Waals surface area contributed by atoms with E-state index in [1.54, 1.807) is 20.8 Å². The van der Waals surface area contributed by atoms with Crippen molar-refractivity contribution in [3.05, 3.63) is 64.2 Å². The highest BCUT2D eigenvalue weighted by Gasteiger charge is 2.26. The minimum Gasteiger partial charge on any atom is -0.444 e. The minimum atomic E-state index is -4.18.